The summed E-state index contributed by atoms with van der Waals surface area (Å²) < 4.78 is 11.3. The molecule has 6 heteroatoms. The van der Waals surface area contributed by atoms with E-state index in [2.05, 4.69) is 16.9 Å². The molecule has 0 aliphatic rings. The molecule has 24 heavy (non-hydrogen) atoms. The molecule has 0 radical (unpaired) electrons. The minimum atomic E-state index is 0.00707. The van der Waals surface area contributed by atoms with Gasteiger partial charge in [0, 0.05) is 16.0 Å². The van der Waals surface area contributed by atoms with Gasteiger partial charge in [0.2, 0.25) is 5.88 Å². The number of hydrogen-bond donors (Lipinski definition) is 0. The summed E-state index contributed by atoms with van der Waals surface area (Å²) in [7, 11) is 1.60. The molecule has 2 aromatic heterocycles. The lowest BCUT2D eigenvalue weighted by molar-refractivity contribution is 0.101. The van der Waals surface area contributed by atoms with E-state index in [9.17, 15) is 4.79 Å². The number of rotatable bonds is 5. The number of nitrogens with zero attached hydrogens (tertiary/aromatic N) is 2. The van der Waals surface area contributed by atoms with Crippen molar-refractivity contribution in [3.8, 4) is 11.6 Å². The summed E-state index contributed by atoms with van der Waals surface area (Å²) in [6.07, 6.45) is 1.51. The maximum atomic E-state index is 11.6. The van der Waals surface area contributed by atoms with Gasteiger partial charge >= 0.3 is 0 Å². The number of aryl methyl sites for hydroxylation is 2. The molecule has 0 amide bonds. The molecule has 0 spiro atoms. The Balaban J connectivity index is 1.94. The Kier molecular flexibility index (Phi) is 4.49. The summed E-state index contributed by atoms with van der Waals surface area (Å²) in [6, 6.07) is 5.33. The molecule has 0 fully saturated rings. The van der Waals surface area contributed by atoms with Crippen molar-refractivity contribution >= 4 is 27.3 Å². The molecule has 2 heterocycles. The third kappa shape index (κ3) is 2.97. The minimum Gasteiger partial charge on any atom is -0.496 e. The number of fused-ring (bicyclic) bond motifs is 1. The fourth-order valence-corrected chi connectivity index (χ4v) is 3.50. The van der Waals surface area contributed by atoms with Crippen LogP contribution < -0.4 is 9.47 Å². The van der Waals surface area contributed by atoms with Crippen molar-refractivity contribution in [2.75, 3.05) is 7.11 Å². The highest BCUT2D eigenvalue weighted by atomic mass is 32.1. The molecule has 5 nitrogen and oxygen atoms in total. The van der Waals surface area contributed by atoms with Gasteiger partial charge in [-0.1, -0.05) is 0 Å². The summed E-state index contributed by atoms with van der Waals surface area (Å²) in [5.41, 5.74) is 2.57. The van der Waals surface area contributed by atoms with E-state index in [-0.39, 0.29) is 12.4 Å². The van der Waals surface area contributed by atoms with Gasteiger partial charge in [-0.15, -0.1) is 11.3 Å². The molecule has 0 aliphatic heterocycles. The van der Waals surface area contributed by atoms with Gasteiger partial charge in [-0.3, -0.25) is 4.79 Å². The van der Waals surface area contributed by atoms with Gasteiger partial charge in [-0.05, 0) is 44.5 Å². The van der Waals surface area contributed by atoms with Crippen molar-refractivity contribution < 1.29 is 14.3 Å². The molecular formula is C18H18N2O3S. The second-order valence-electron chi connectivity index (χ2n) is 5.51. The first kappa shape index (κ1) is 16.4. The number of ether oxygens (including phenoxy) is 2. The molecule has 0 unspecified atom stereocenters. The van der Waals surface area contributed by atoms with Gasteiger partial charge in [0.1, 0.15) is 23.5 Å². The first-order valence-electron chi connectivity index (χ1n) is 7.52. The van der Waals surface area contributed by atoms with E-state index in [1.165, 1.54) is 18.1 Å². The Labute approximate surface area is 144 Å². The van der Waals surface area contributed by atoms with Crippen molar-refractivity contribution in [3.63, 3.8) is 0 Å². The number of carbonyl (C=O) groups excluding carboxylic acids is 1. The predicted octanol–water partition coefficient (Wildman–Crippen LogP) is 4.10. The van der Waals surface area contributed by atoms with Gasteiger partial charge in [-0.25, -0.2) is 9.97 Å². The Bertz CT molecular complexity index is 918. The molecule has 0 atom stereocenters. The van der Waals surface area contributed by atoms with Gasteiger partial charge in [0.05, 0.1) is 12.5 Å². The predicted molar refractivity (Wildman–Crippen MR) is 94.2 cm³/mol. The number of benzene rings is 1. The number of methoxy groups -OCH3 is 1. The molecule has 3 rings (SSSR count). The Morgan fingerprint density at radius 1 is 1.25 bits per heavy atom. The smallest absolute Gasteiger partial charge is 0.225 e. The van der Waals surface area contributed by atoms with Gasteiger partial charge < -0.3 is 9.47 Å². The summed E-state index contributed by atoms with van der Waals surface area (Å²) in [5.74, 6) is 1.24. The maximum Gasteiger partial charge on any atom is 0.225 e. The molecular weight excluding hydrogens is 324 g/mol. The highest BCUT2D eigenvalue weighted by Gasteiger charge is 2.14. The number of ketones is 1. The zero-order chi connectivity index (χ0) is 17.3. The average Bonchev–Trinajstić information content (AvgIpc) is 2.87. The van der Waals surface area contributed by atoms with Crippen LogP contribution in [-0.4, -0.2) is 22.9 Å². The molecule has 1 aromatic carbocycles. The van der Waals surface area contributed by atoms with Crippen LogP contribution in [0, 0.1) is 13.8 Å². The zero-order valence-electron chi connectivity index (χ0n) is 14.0. The van der Waals surface area contributed by atoms with Crippen LogP contribution in [0.3, 0.4) is 0 Å². The van der Waals surface area contributed by atoms with Crippen LogP contribution in [0.1, 0.15) is 33.3 Å². The topological polar surface area (TPSA) is 61.3 Å². The summed E-state index contributed by atoms with van der Waals surface area (Å²) in [6.45, 7) is 5.91. The number of Topliss-reactive ketones (excluding diaryl/α,β-unsaturated/α-hetero) is 1. The largest absolute Gasteiger partial charge is 0.496 e. The Morgan fingerprint density at radius 2 is 2.04 bits per heavy atom. The summed E-state index contributed by atoms with van der Waals surface area (Å²) in [4.78, 5) is 22.3. The third-order valence-electron chi connectivity index (χ3n) is 3.98. The van der Waals surface area contributed by atoms with Gasteiger partial charge in [0.15, 0.2) is 5.78 Å². The number of thiophene rings is 1. The second-order valence-corrected chi connectivity index (χ2v) is 6.72. The molecule has 124 valence electrons. The van der Waals surface area contributed by atoms with Crippen LogP contribution in [-0.2, 0) is 6.61 Å². The van der Waals surface area contributed by atoms with E-state index in [0.29, 0.717) is 17.2 Å². The fraction of sp³-hybridized carbons (Fsp3) is 0.278. The average molecular weight is 342 g/mol. The lowest BCUT2D eigenvalue weighted by Gasteiger charge is -2.11. The summed E-state index contributed by atoms with van der Waals surface area (Å²) in [5, 5.41) is 0.946. The standard InChI is InChI=1S/C18H18N2O3S/c1-10-12(3)24-18-16(10)17(19-9-20-18)23-8-14-7-13(11(2)21)5-6-15(14)22-4/h5-7,9H,8H2,1-4H3. The SMILES string of the molecule is COc1ccc(C(C)=O)cc1COc1ncnc2sc(C)c(C)c12. The molecule has 0 bridgehead atoms. The van der Waals surface area contributed by atoms with E-state index in [4.69, 9.17) is 9.47 Å². The molecule has 0 aliphatic carbocycles. The first-order chi connectivity index (χ1) is 11.5. The van der Waals surface area contributed by atoms with Crippen molar-refractivity contribution in [2.24, 2.45) is 0 Å². The van der Waals surface area contributed by atoms with E-state index in [1.54, 1.807) is 36.6 Å². The molecule has 0 N–H and O–H groups in total. The fourth-order valence-electron chi connectivity index (χ4n) is 2.52. The molecule has 3 aromatic rings. The Morgan fingerprint density at radius 3 is 2.75 bits per heavy atom. The number of aromatic nitrogens is 2. The van der Waals surface area contributed by atoms with E-state index < -0.39 is 0 Å². The monoisotopic (exact) mass is 342 g/mol. The van der Waals surface area contributed by atoms with Crippen molar-refractivity contribution in [2.45, 2.75) is 27.4 Å². The first-order valence-corrected chi connectivity index (χ1v) is 8.34. The second kappa shape index (κ2) is 6.57. The number of carbonyl (C=O) groups is 1. The van der Waals surface area contributed by atoms with Crippen LogP contribution in [0.25, 0.3) is 10.2 Å². The van der Waals surface area contributed by atoms with E-state index >= 15 is 0 Å². The quantitative estimate of drug-likeness (QED) is 0.653. The van der Waals surface area contributed by atoms with Crippen LogP contribution in [0.4, 0.5) is 0 Å². The number of hydrogen-bond acceptors (Lipinski definition) is 6. The van der Waals surface area contributed by atoms with E-state index in [0.717, 1.165) is 21.3 Å². The van der Waals surface area contributed by atoms with Crippen molar-refractivity contribution in [1.82, 2.24) is 9.97 Å². The van der Waals surface area contributed by atoms with Crippen LogP contribution in [0.2, 0.25) is 0 Å². The third-order valence-corrected chi connectivity index (χ3v) is 5.10. The zero-order valence-corrected chi connectivity index (χ0v) is 14.9. The highest BCUT2D eigenvalue weighted by molar-refractivity contribution is 7.18. The molecule has 0 saturated carbocycles. The lowest BCUT2D eigenvalue weighted by Crippen LogP contribution is -2.03. The normalized spacial score (nSPS) is 10.8. The van der Waals surface area contributed by atoms with Gasteiger partial charge in [0.25, 0.3) is 0 Å². The summed E-state index contributed by atoms with van der Waals surface area (Å²) >= 11 is 1.63. The van der Waals surface area contributed by atoms with Crippen LogP contribution >= 0.6 is 11.3 Å². The van der Waals surface area contributed by atoms with Crippen LogP contribution in [0.15, 0.2) is 24.5 Å². The highest BCUT2D eigenvalue weighted by Crippen LogP contribution is 2.34. The van der Waals surface area contributed by atoms with Crippen LogP contribution in [0.5, 0.6) is 11.6 Å². The Hall–Kier alpha value is -2.47. The maximum absolute atomic E-state index is 11.6. The molecule has 0 saturated heterocycles. The minimum absolute atomic E-state index is 0.00707. The van der Waals surface area contributed by atoms with Crippen molar-refractivity contribution in [3.05, 3.63) is 46.1 Å². The van der Waals surface area contributed by atoms with Gasteiger partial charge in [-0.2, -0.15) is 0 Å². The van der Waals surface area contributed by atoms with Crippen molar-refractivity contribution in [1.29, 1.82) is 0 Å². The lowest BCUT2D eigenvalue weighted by atomic mass is 10.1. The van der Waals surface area contributed by atoms with E-state index in [1.807, 2.05) is 6.92 Å².